The van der Waals surface area contributed by atoms with Gasteiger partial charge in [-0.15, -0.1) is 0 Å². The van der Waals surface area contributed by atoms with Crippen LogP contribution in [0.3, 0.4) is 0 Å². The van der Waals surface area contributed by atoms with E-state index in [1.54, 1.807) is 14.2 Å². The molecule has 0 aliphatic rings. The lowest BCUT2D eigenvalue weighted by molar-refractivity contribution is 0.182. The molecule has 2 nitrogen and oxygen atoms in total. The molecular weight excluding hydrogens is 104 g/mol. The van der Waals surface area contributed by atoms with E-state index in [2.05, 4.69) is 6.58 Å². The fourth-order valence-electron chi connectivity index (χ4n) is 0.450. The summed E-state index contributed by atoms with van der Waals surface area (Å²) < 4.78 is 9.55. The average molecular weight is 116 g/mol. The zero-order valence-electron chi connectivity index (χ0n) is 5.44. The Morgan fingerprint density at radius 3 is 1.88 bits per heavy atom. The molecule has 0 aliphatic heterocycles. The minimum atomic E-state index is 0.591. The zero-order valence-corrected chi connectivity index (χ0v) is 5.44. The van der Waals surface area contributed by atoms with Crippen molar-refractivity contribution in [2.45, 2.75) is 0 Å². The van der Waals surface area contributed by atoms with Crippen molar-refractivity contribution in [2.24, 2.45) is 0 Å². The second-order valence-corrected chi connectivity index (χ2v) is 1.62. The number of rotatable bonds is 4. The lowest BCUT2D eigenvalue weighted by atomic mass is 10.3. The van der Waals surface area contributed by atoms with Crippen LogP contribution in [0.1, 0.15) is 0 Å². The first kappa shape index (κ1) is 7.66. The molecule has 0 saturated carbocycles. The highest BCUT2D eigenvalue weighted by Gasteiger charge is 1.88. The molecule has 0 aliphatic carbocycles. The van der Waals surface area contributed by atoms with E-state index in [0.717, 1.165) is 5.57 Å². The van der Waals surface area contributed by atoms with E-state index in [9.17, 15) is 0 Å². The smallest absolute Gasteiger partial charge is 0.0692 e. The zero-order chi connectivity index (χ0) is 6.41. The lowest BCUT2D eigenvalue weighted by Crippen LogP contribution is -1.99. The Morgan fingerprint density at radius 2 is 1.62 bits per heavy atom. The van der Waals surface area contributed by atoms with Crippen LogP contribution in [-0.4, -0.2) is 27.4 Å². The Kier molecular flexibility index (Phi) is 4.61. The van der Waals surface area contributed by atoms with Crippen molar-refractivity contribution in [3.8, 4) is 0 Å². The van der Waals surface area contributed by atoms with Crippen molar-refractivity contribution in [1.82, 2.24) is 0 Å². The van der Waals surface area contributed by atoms with Crippen molar-refractivity contribution in [2.75, 3.05) is 27.4 Å². The van der Waals surface area contributed by atoms with Gasteiger partial charge in [0.05, 0.1) is 13.2 Å². The molecule has 0 radical (unpaired) electrons. The maximum absolute atomic E-state index is 4.78. The molecule has 0 aromatic heterocycles. The van der Waals surface area contributed by atoms with Gasteiger partial charge < -0.3 is 9.47 Å². The molecule has 0 unspecified atom stereocenters. The lowest BCUT2D eigenvalue weighted by Gasteiger charge is -1.99. The van der Waals surface area contributed by atoms with E-state index < -0.39 is 0 Å². The van der Waals surface area contributed by atoms with Crippen molar-refractivity contribution < 1.29 is 9.47 Å². The van der Waals surface area contributed by atoms with Gasteiger partial charge in [0.2, 0.25) is 0 Å². The number of ether oxygens (including phenoxy) is 2. The fourth-order valence-corrected chi connectivity index (χ4v) is 0.450. The summed E-state index contributed by atoms with van der Waals surface area (Å²) in [6.45, 7) is 4.87. The van der Waals surface area contributed by atoms with Gasteiger partial charge in [0.25, 0.3) is 0 Å². The summed E-state index contributed by atoms with van der Waals surface area (Å²) in [5, 5.41) is 0. The summed E-state index contributed by atoms with van der Waals surface area (Å²) in [4.78, 5) is 0. The summed E-state index contributed by atoms with van der Waals surface area (Å²) >= 11 is 0. The molecule has 2 heteroatoms. The molecule has 8 heavy (non-hydrogen) atoms. The van der Waals surface area contributed by atoms with Crippen LogP contribution in [0.4, 0.5) is 0 Å². The van der Waals surface area contributed by atoms with Crippen molar-refractivity contribution in [1.29, 1.82) is 0 Å². The predicted octanol–water partition coefficient (Wildman–Crippen LogP) is 0.835. The van der Waals surface area contributed by atoms with E-state index in [1.807, 2.05) is 0 Å². The van der Waals surface area contributed by atoms with Gasteiger partial charge in [-0.25, -0.2) is 0 Å². The molecule has 0 fully saturated rings. The van der Waals surface area contributed by atoms with Gasteiger partial charge in [0.15, 0.2) is 0 Å². The van der Waals surface area contributed by atoms with E-state index >= 15 is 0 Å². The largest absolute Gasteiger partial charge is 0.380 e. The molecule has 0 rings (SSSR count). The van der Waals surface area contributed by atoms with Gasteiger partial charge in [-0.05, 0) is 5.57 Å². The first-order valence-electron chi connectivity index (χ1n) is 2.45. The van der Waals surface area contributed by atoms with Crippen molar-refractivity contribution in [3.05, 3.63) is 12.2 Å². The number of hydrogen-bond acceptors (Lipinski definition) is 2. The van der Waals surface area contributed by atoms with E-state index in [-0.39, 0.29) is 0 Å². The summed E-state index contributed by atoms with van der Waals surface area (Å²) in [5.41, 5.74) is 0.968. The third-order valence-corrected chi connectivity index (χ3v) is 0.697. The quantitative estimate of drug-likeness (QED) is 0.506. The van der Waals surface area contributed by atoms with Crippen LogP contribution < -0.4 is 0 Å². The van der Waals surface area contributed by atoms with Gasteiger partial charge in [-0.1, -0.05) is 6.58 Å². The van der Waals surface area contributed by atoms with Gasteiger partial charge in [0.1, 0.15) is 0 Å². The van der Waals surface area contributed by atoms with Crippen LogP contribution in [-0.2, 0) is 9.47 Å². The average Bonchev–Trinajstić information content (AvgIpc) is 1.68. The van der Waals surface area contributed by atoms with E-state index in [0.29, 0.717) is 13.2 Å². The third kappa shape index (κ3) is 3.84. The molecular formula is C6H12O2. The molecule has 0 atom stereocenters. The minimum absolute atomic E-state index is 0.591. The van der Waals surface area contributed by atoms with E-state index in [1.165, 1.54) is 0 Å². The van der Waals surface area contributed by atoms with Gasteiger partial charge in [-0.3, -0.25) is 0 Å². The molecule has 0 saturated heterocycles. The third-order valence-electron chi connectivity index (χ3n) is 0.697. The molecule has 0 bridgehead atoms. The topological polar surface area (TPSA) is 18.5 Å². The summed E-state index contributed by atoms with van der Waals surface area (Å²) in [5.74, 6) is 0. The van der Waals surface area contributed by atoms with Crippen LogP contribution in [0.15, 0.2) is 12.2 Å². The van der Waals surface area contributed by atoms with Gasteiger partial charge in [0, 0.05) is 14.2 Å². The Balaban J connectivity index is 3.06. The van der Waals surface area contributed by atoms with Crippen LogP contribution in [0.25, 0.3) is 0 Å². The van der Waals surface area contributed by atoms with Crippen LogP contribution >= 0.6 is 0 Å². The summed E-state index contributed by atoms with van der Waals surface area (Å²) in [6.07, 6.45) is 0. The second-order valence-electron chi connectivity index (χ2n) is 1.62. The van der Waals surface area contributed by atoms with Gasteiger partial charge >= 0.3 is 0 Å². The molecule has 0 amide bonds. The highest BCUT2D eigenvalue weighted by Crippen LogP contribution is 1.88. The highest BCUT2D eigenvalue weighted by molar-refractivity contribution is 4.93. The number of hydrogen-bond donors (Lipinski definition) is 0. The van der Waals surface area contributed by atoms with Crippen LogP contribution in [0.2, 0.25) is 0 Å². The van der Waals surface area contributed by atoms with Crippen molar-refractivity contribution >= 4 is 0 Å². The first-order chi connectivity index (χ1) is 3.81. The normalized spacial score (nSPS) is 9.25. The molecule has 48 valence electrons. The standard InChI is InChI=1S/C6H12O2/c1-6(4-7-2)5-8-3/h1,4-5H2,2-3H3. The summed E-state index contributed by atoms with van der Waals surface area (Å²) in [6, 6.07) is 0. The molecule has 0 aromatic carbocycles. The fraction of sp³-hybridized carbons (Fsp3) is 0.667. The van der Waals surface area contributed by atoms with Crippen LogP contribution in [0, 0.1) is 0 Å². The molecule has 0 spiro atoms. The van der Waals surface area contributed by atoms with Crippen molar-refractivity contribution in [3.63, 3.8) is 0 Å². The SMILES string of the molecule is C=C(COC)COC. The number of methoxy groups -OCH3 is 2. The monoisotopic (exact) mass is 116 g/mol. The minimum Gasteiger partial charge on any atom is -0.380 e. The molecule has 0 N–H and O–H groups in total. The van der Waals surface area contributed by atoms with E-state index in [4.69, 9.17) is 9.47 Å². The Hall–Kier alpha value is -0.340. The van der Waals surface area contributed by atoms with Crippen LogP contribution in [0.5, 0.6) is 0 Å². The highest BCUT2D eigenvalue weighted by atomic mass is 16.5. The maximum Gasteiger partial charge on any atom is 0.0692 e. The summed E-state index contributed by atoms with van der Waals surface area (Å²) in [7, 11) is 3.28. The van der Waals surface area contributed by atoms with Gasteiger partial charge in [-0.2, -0.15) is 0 Å². The maximum atomic E-state index is 4.78. The molecule has 0 heterocycles. The molecule has 0 aromatic rings. The second kappa shape index (κ2) is 4.81. The Morgan fingerprint density at radius 1 is 1.25 bits per heavy atom. The Labute approximate surface area is 50.1 Å². The Bertz CT molecular complexity index is 60.9. The predicted molar refractivity (Wildman–Crippen MR) is 32.9 cm³/mol. The first-order valence-corrected chi connectivity index (χ1v) is 2.45.